The molecule has 6 nitrogen and oxygen atoms in total. The number of hydrogen-bond acceptors (Lipinski definition) is 3. The number of rotatable bonds is 8. The maximum atomic E-state index is 12.0. The Bertz CT molecular complexity index is 538. The normalized spacial score (nSPS) is 11.2. The van der Waals surface area contributed by atoms with Gasteiger partial charge in [0.15, 0.2) is 5.96 Å². The first kappa shape index (κ1) is 19.5. The minimum atomic E-state index is -0.201. The van der Waals surface area contributed by atoms with E-state index in [4.69, 9.17) is 27.9 Å². The van der Waals surface area contributed by atoms with E-state index < -0.39 is 0 Å². The van der Waals surface area contributed by atoms with Gasteiger partial charge in [-0.1, -0.05) is 23.2 Å². The number of nitrogens with zero attached hydrogens (tertiary/aromatic N) is 1. The molecule has 0 aromatic heterocycles. The van der Waals surface area contributed by atoms with Crippen LogP contribution in [0, 0.1) is 0 Å². The van der Waals surface area contributed by atoms with E-state index >= 15 is 0 Å². The number of aliphatic imine (C=N–C) groups is 1. The first-order chi connectivity index (χ1) is 11.1. The average molecular weight is 361 g/mol. The van der Waals surface area contributed by atoms with E-state index in [1.54, 1.807) is 32.4 Å². The highest BCUT2D eigenvalue weighted by Gasteiger charge is 2.07. The molecule has 0 spiro atoms. The number of guanidine groups is 1. The van der Waals surface area contributed by atoms with Crippen molar-refractivity contribution in [2.45, 2.75) is 6.42 Å². The van der Waals surface area contributed by atoms with Crippen molar-refractivity contribution in [2.24, 2.45) is 4.99 Å². The van der Waals surface area contributed by atoms with Gasteiger partial charge in [-0.2, -0.15) is 0 Å². The molecule has 0 unspecified atom stereocenters. The summed E-state index contributed by atoms with van der Waals surface area (Å²) in [5, 5.41) is 9.84. The van der Waals surface area contributed by atoms with Crippen LogP contribution >= 0.6 is 23.2 Å². The van der Waals surface area contributed by atoms with Crippen LogP contribution in [0.5, 0.6) is 0 Å². The van der Waals surface area contributed by atoms with E-state index in [9.17, 15) is 4.79 Å². The quantitative estimate of drug-likeness (QED) is 0.376. The van der Waals surface area contributed by atoms with Crippen molar-refractivity contribution in [3.63, 3.8) is 0 Å². The molecule has 1 rings (SSSR count). The summed E-state index contributed by atoms with van der Waals surface area (Å²) in [4.78, 5) is 16.1. The van der Waals surface area contributed by atoms with Crippen LogP contribution in [0.25, 0.3) is 0 Å². The predicted octanol–water partition coefficient (Wildman–Crippen LogP) is 1.92. The SMILES string of the molecule is CN=C(NCCCOC)NCCNC(=O)c1ccc(Cl)c(Cl)c1. The lowest BCUT2D eigenvalue weighted by Crippen LogP contribution is -2.42. The van der Waals surface area contributed by atoms with Gasteiger partial charge in [-0.05, 0) is 24.6 Å². The number of carbonyl (C=O) groups excluding carboxylic acids is 1. The van der Waals surface area contributed by atoms with Gasteiger partial charge in [-0.25, -0.2) is 0 Å². The zero-order valence-corrected chi connectivity index (χ0v) is 14.8. The molecular weight excluding hydrogens is 339 g/mol. The van der Waals surface area contributed by atoms with Crippen LogP contribution < -0.4 is 16.0 Å². The maximum Gasteiger partial charge on any atom is 0.251 e. The van der Waals surface area contributed by atoms with Crippen molar-refractivity contribution in [3.05, 3.63) is 33.8 Å². The lowest BCUT2D eigenvalue weighted by atomic mass is 10.2. The smallest absolute Gasteiger partial charge is 0.251 e. The monoisotopic (exact) mass is 360 g/mol. The Hall–Kier alpha value is -1.50. The number of ether oxygens (including phenoxy) is 1. The Morgan fingerprint density at radius 3 is 2.48 bits per heavy atom. The van der Waals surface area contributed by atoms with Gasteiger partial charge in [0, 0.05) is 46.0 Å². The fraction of sp³-hybridized carbons (Fsp3) is 0.467. The number of nitrogens with one attached hydrogen (secondary N) is 3. The predicted molar refractivity (Wildman–Crippen MR) is 94.7 cm³/mol. The van der Waals surface area contributed by atoms with Crippen LogP contribution in [0.2, 0.25) is 10.0 Å². The topological polar surface area (TPSA) is 74.8 Å². The Morgan fingerprint density at radius 1 is 1.13 bits per heavy atom. The summed E-state index contributed by atoms with van der Waals surface area (Å²) in [6.07, 6.45) is 0.894. The van der Waals surface area contributed by atoms with E-state index in [0.29, 0.717) is 41.3 Å². The molecule has 0 aliphatic carbocycles. The Balaban J connectivity index is 2.27. The molecule has 1 aromatic rings. The van der Waals surface area contributed by atoms with Gasteiger partial charge < -0.3 is 20.7 Å². The standard InChI is InChI=1S/C15H22Cl2N4O2/c1-18-15(20-6-3-9-23-2)21-8-7-19-14(22)11-4-5-12(16)13(17)10-11/h4-5,10H,3,6-9H2,1-2H3,(H,19,22)(H2,18,20,21). The van der Waals surface area contributed by atoms with E-state index in [0.717, 1.165) is 13.0 Å². The molecule has 1 aromatic carbocycles. The van der Waals surface area contributed by atoms with Crippen molar-refractivity contribution < 1.29 is 9.53 Å². The second-order valence-electron chi connectivity index (χ2n) is 4.66. The van der Waals surface area contributed by atoms with Gasteiger partial charge in [0.2, 0.25) is 0 Å². The van der Waals surface area contributed by atoms with Crippen LogP contribution in [0.15, 0.2) is 23.2 Å². The maximum absolute atomic E-state index is 12.0. The average Bonchev–Trinajstić information content (AvgIpc) is 2.55. The Kier molecular flexibility index (Phi) is 9.43. The third-order valence-corrected chi connectivity index (χ3v) is 3.67. The van der Waals surface area contributed by atoms with Gasteiger partial charge in [0.1, 0.15) is 0 Å². The molecule has 0 atom stereocenters. The third-order valence-electron chi connectivity index (χ3n) is 2.93. The lowest BCUT2D eigenvalue weighted by molar-refractivity contribution is 0.0954. The molecule has 0 radical (unpaired) electrons. The molecule has 0 aliphatic rings. The van der Waals surface area contributed by atoms with Gasteiger partial charge in [-0.3, -0.25) is 9.79 Å². The molecular formula is C15H22Cl2N4O2. The summed E-state index contributed by atoms with van der Waals surface area (Å²) >= 11 is 11.7. The Morgan fingerprint density at radius 2 is 1.83 bits per heavy atom. The number of halogens is 2. The van der Waals surface area contributed by atoms with Crippen LogP contribution in [0.3, 0.4) is 0 Å². The van der Waals surface area contributed by atoms with E-state index in [2.05, 4.69) is 20.9 Å². The molecule has 23 heavy (non-hydrogen) atoms. The van der Waals surface area contributed by atoms with Crippen molar-refractivity contribution in [3.8, 4) is 0 Å². The van der Waals surface area contributed by atoms with Crippen molar-refractivity contribution in [1.29, 1.82) is 0 Å². The first-order valence-electron chi connectivity index (χ1n) is 7.25. The summed E-state index contributed by atoms with van der Waals surface area (Å²) in [5.41, 5.74) is 0.474. The summed E-state index contributed by atoms with van der Waals surface area (Å²) in [7, 11) is 3.36. The molecule has 0 bridgehead atoms. The molecule has 3 N–H and O–H groups in total. The van der Waals surface area contributed by atoms with Crippen LogP contribution in [0.4, 0.5) is 0 Å². The van der Waals surface area contributed by atoms with Crippen LogP contribution in [0.1, 0.15) is 16.8 Å². The molecule has 0 saturated heterocycles. The summed E-state index contributed by atoms with van der Waals surface area (Å²) in [6, 6.07) is 4.78. The largest absolute Gasteiger partial charge is 0.385 e. The summed E-state index contributed by atoms with van der Waals surface area (Å²) < 4.78 is 4.97. The van der Waals surface area contributed by atoms with Crippen molar-refractivity contribution >= 4 is 35.1 Å². The number of carbonyl (C=O) groups is 1. The van der Waals surface area contributed by atoms with Crippen molar-refractivity contribution in [1.82, 2.24) is 16.0 Å². The highest BCUT2D eigenvalue weighted by molar-refractivity contribution is 6.42. The molecule has 0 fully saturated rings. The van der Waals surface area contributed by atoms with Gasteiger partial charge in [0.25, 0.3) is 5.91 Å². The van der Waals surface area contributed by atoms with Crippen molar-refractivity contribution in [2.75, 3.05) is 40.4 Å². The lowest BCUT2D eigenvalue weighted by Gasteiger charge is -2.12. The second kappa shape index (κ2) is 11.1. The zero-order valence-electron chi connectivity index (χ0n) is 13.3. The first-order valence-corrected chi connectivity index (χ1v) is 8.00. The van der Waals surface area contributed by atoms with Crippen LogP contribution in [-0.4, -0.2) is 52.3 Å². The van der Waals surface area contributed by atoms with E-state index in [1.807, 2.05) is 0 Å². The Labute approximate surface area is 146 Å². The number of benzene rings is 1. The third kappa shape index (κ3) is 7.54. The highest BCUT2D eigenvalue weighted by atomic mass is 35.5. The number of hydrogen-bond donors (Lipinski definition) is 3. The molecule has 0 heterocycles. The van der Waals surface area contributed by atoms with Gasteiger partial charge in [0.05, 0.1) is 10.0 Å². The van der Waals surface area contributed by atoms with Gasteiger partial charge >= 0.3 is 0 Å². The number of amides is 1. The molecule has 8 heteroatoms. The van der Waals surface area contributed by atoms with Gasteiger partial charge in [-0.15, -0.1) is 0 Å². The fourth-order valence-corrected chi connectivity index (χ4v) is 2.04. The van der Waals surface area contributed by atoms with E-state index in [1.165, 1.54) is 0 Å². The minimum Gasteiger partial charge on any atom is -0.385 e. The highest BCUT2D eigenvalue weighted by Crippen LogP contribution is 2.22. The fourth-order valence-electron chi connectivity index (χ4n) is 1.74. The zero-order chi connectivity index (χ0) is 17.1. The minimum absolute atomic E-state index is 0.201. The second-order valence-corrected chi connectivity index (χ2v) is 5.47. The molecule has 0 aliphatic heterocycles. The number of methoxy groups -OCH3 is 1. The van der Waals surface area contributed by atoms with E-state index in [-0.39, 0.29) is 5.91 Å². The summed E-state index contributed by atoms with van der Waals surface area (Å²) in [6.45, 7) is 2.47. The molecule has 1 amide bonds. The molecule has 0 saturated carbocycles. The molecule has 128 valence electrons. The summed E-state index contributed by atoms with van der Waals surface area (Å²) in [5.74, 6) is 0.485. The van der Waals surface area contributed by atoms with Crippen LogP contribution in [-0.2, 0) is 4.74 Å².